The first-order valence-corrected chi connectivity index (χ1v) is 9.34. The van der Waals surface area contributed by atoms with E-state index in [1.54, 1.807) is 0 Å². The smallest absolute Gasteiger partial charge is 0.244 e. The number of anilines is 1. The van der Waals surface area contributed by atoms with E-state index in [1.165, 1.54) is 5.56 Å². The van der Waals surface area contributed by atoms with Crippen molar-refractivity contribution in [2.75, 3.05) is 11.9 Å². The summed E-state index contributed by atoms with van der Waals surface area (Å²) in [5, 5.41) is 2.79. The summed E-state index contributed by atoms with van der Waals surface area (Å²) in [6.07, 6.45) is 6.85. The van der Waals surface area contributed by atoms with Crippen LogP contribution in [-0.2, 0) is 20.8 Å². The molecule has 1 aliphatic heterocycles. The molecule has 1 aliphatic carbocycles. The lowest BCUT2D eigenvalue weighted by molar-refractivity contribution is -0.142. The molecule has 2 atom stereocenters. The van der Waals surface area contributed by atoms with Crippen molar-refractivity contribution in [1.29, 1.82) is 0 Å². The molecule has 134 valence electrons. The highest BCUT2D eigenvalue weighted by molar-refractivity contribution is 6.08. The molecule has 1 heterocycles. The summed E-state index contributed by atoms with van der Waals surface area (Å²) in [5.41, 5.74) is 1.94. The van der Waals surface area contributed by atoms with E-state index in [2.05, 4.69) is 12.2 Å². The lowest BCUT2D eigenvalue weighted by Crippen LogP contribution is -2.38. The number of nitrogens with zero attached hydrogens (tertiary/aromatic N) is 1. The molecule has 1 saturated heterocycles. The predicted octanol–water partition coefficient (Wildman–Crippen LogP) is 3.14. The molecule has 0 radical (unpaired) electrons. The monoisotopic (exact) mass is 342 g/mol. The van der Waals surface area contributed by atoms with E-state index in [0.717, 1.165) is 49.8 Å². The van der Waals surface area contributed by atoms with Crippen LogP contribution in [0.15, 0.2) is 24.3 Å². The lowest BCUT2D eigenvalue weighted by atomic mass is 9.81. The number of rotatable bonds is 6. The largest absolute Gasteiger partial charge is 0.325 e. The van der Waals surface area contributed by atoms with Gasteiger partial charge in [0.25, 0.3) is 0 Å². The van der Waals surface area contributed by atoms with E-state index in [1.807, 2.05) is 24.3 Å². The summed E-state index contributed by atoms with van der Waals surface area (Å²) >= 11 is 0. The average Bonchev–Trinajstić information content (AvgIpc) is 2.86. The number of hydrogen-bond donors (Lipinski definition) is 1. The number of carbonyl (C=O) groups excluding carboxylic acids is 3. The van der Waals surface area contributed by atoms with Gasteiger partial charge >= 0.3 is 0 Å². The van der Waals surface area contributed by atoms with Crippen molar-refractivity contribution >= 4 is 23.4 Å². The number of carbonyl (C=O) groups is 3. The van der Waals surface area contributed by atoms with Crippen LogP contribution in [0.1, 0.15) is 51.0 Å². The zero-order chi connectivity index (χ0) is 17.8. The molecular weight excluding hydrogens is 316 g/mol. The van der Waals surface area contributed by atoms with Crippen LogP contribution < -0.4 is 5.32 Å². The number of aryl methyl sites for hydroxylation is 1. The van der Waals surface area contributed by atoms with Gasteiger partial charge in [-0.2, -0.15) is 0 Å². The fourth-order valence-electron chi connectivity index (χ4n) is 3.87. The number of nitrogens with one attached hydrogen (secondary N) is 1. The molecule has 3 rings (SSSR count). The third-order valence-corrected chi connectivity index (χ3v) is 5.29. The first kappa shape index (κ1) is 17.6. The second-order valence-electron chi connectivity index (χ2n) is 7.11. The Hall–Kier alpha value is -2.17. The number of imide groups is 1. The molecular formula is C20H26N2O3. The molecule has 1 N–H and O–H groups in total. The molecule has 2 fully saturated rings. The van der Waals surface area contributed by atoms with Gasteiger partial charge in [-0.3, -0.25) is 19.3 Å². The molecule has 0 bridgehead atoms. The van der Waals surface area contributed by atoms with Crippen molar-refractivity contribution in [1.82, 2.24) is 4.90 Å². The third-order valence-electron chi connectivity index (χ3n) is 5.29. The van der Waals surface area contributed by atoms with Crippen LogP contribution in [0, 0.1) is 11.8 Å². The lowest BCUT2D eigenvalue weighted by Gasteiger charge is -2.19. The van der Waals surface area contributed by atoms with Crippen molar-refractivity contribution in [3.63, 3.8) is 0 Å². The molecule has 1 aromatic rings. The minimum absolute atomic E-state index is 0.167. The minimum Gasteiger partial charge on any atom is -0.325 e. The Kier molecular flexibility index (Phi) is 5.51. The van der Waals surface area contributed by atoms with Crippen molar-refractivity contribution in [3.05, 3.63) is 29.8 Å². The fraction of sp³-hybridized carbons (Fsp3) is 0.550. The van der Waals surface area contributed by atoms with E-state index in [4.69, 9.17) is 0 Å². The second kappa shape index (κ2) is 7.81. The molecule has 5 heteroatoms. The molecule has 2 aliphatic rings. The number of likely N-dealkylation sites (tertiary alicyclic amines) is 1. The Labute approximate surface area is 148 Å². The fourth-order valence-corrected chi connectivity index (χ4v) is 3.87. The van der Waals surface area contributed by atoms with Gasteiger partial charge in [0.2, 0.25) is 17.7 Å². The topological polar surface area (TPSA) is 66.5 Å². The van der Waals surface area contributed by atoms with Gasteiger partial charge in [-0.25, -0.2) is 0 Å². The van der Waals surface area contributed by atoms with E-state index in [9.17, 15) is 14.4 Å². The van der Waals surface area contributed by atoms with Crippen LogP contribution in [0.25, 0.3) is 0 Å². The van der Waals surface area contributed by atoms with Crippen molar-refractivity contribution in [3.8, 4) is 0 Å². The zero-order valence-electron chi connectivity index (χ0n) is 14.8. The minimum atomic E-state index is -0.318. The van der Waals surface area contributed by atoms with Crippen molar-refractivity contribution in [2.24, 2.45) is 11.8 Å². The van der Waals surface area contributed by atoms with E-state index in [0.29, 0.717) is 5.69 Å². The Morgan fingerprint density at radius 2 is 1.68 bits per heavy atom. The summed E-state index contributed by atoms with van der Waals surface area (Å²) in [5.74, 6) is -1.06. The number of benzene rings is 1. The molecule has 5 nitrogen and oxygen atoms in total. The molecule has 1 aromatic carbocycles. The maximum Gasteiger partial charge on any atom is 0.244 e. The van der Waals surface area contributed by atoms with Crippen LogP contribution in [0.5, 0.6) is 0 Å². The van der Waals surface area contributed by atoms with Crippen LogP contribution in [0.4, 0.5) is 5.69 Å². The number of unbranched alkanes of at least 4 members (excludes halogenated alkanes) is 1. The van der Waals surface area contributed by atoms with Gasteiger partial charge in [0.05, 0.1) is 11.8 Å². The van der Waals surface area contributed by atoms with Gasteiger partial charge in [-0.15, -0.1) is 0 Å². The molecule has 0 aromatic heterocycles. The molecule has 0 unspecified atom stereocenters. The summed E-state index contributed by atoms with van der Waals surface area (Å²) < 4.78 is 0. The normalized spacial score (nSPS) is 22.8. The summed E-state index contributed by atoms with van der Waals surface area (Å²) in [6, 6.07) is 7.75. The summed E-state index contributed by atoms with van der Waals surface area (Å²) in [7, 11) is 0. The highest BCUT2D eigenvalue weighted by Gasteiger charge is 2.48. The quantitative estimate of drug-likeness (QED) is 0.808. The van der Waals surface area contributed by atoms with E-state index >= 15 is 0 Å². The van der Waals surface area contributed by atoms with Gasteiger partial charge in [0, 0.05) is 5.69 Å². The first-order chi connectivity index (χ1) is 12.1. The molecule has 3 amide bonds. The Morgan fingerprint density at radius 1 is 1.08 bits per heavy atom. The summed E-state index contributed by atoms with van der Waals surface area (Å²) in [6.45, 7) is 1.98. The van der Waals surface area contributed by atoms with Crippen LogP contribution >= 0.6 is 0 Å². The van der Waals surface area contributed by atoms with Gasteiger partial charge in [-0.1, -0.05) is 38.3 Å². The standard InChI is InChI=1S/C20H26N2O3/c1-2-3-6-14-9-11-15(12-10-14)21-18(23)13-22-19(24)16-7-4-5-8-17(16)20(22)25/h9-12,16-17H,2-8,13H2,1H3,(H,21,23)/t16-,17-/m0/s1. The second-order valence-corrected chi connectivity index (χ2v) is 7.11. The van der Waals surface area contributed by atoms with Gasteiger partial charge in [0.1, 0.15) is 6.54 Å². The highest BCUT2D eigenvalue weighted by atomic mass is 16.2. The predicted molar refractivity (Wildman–Crippen MR) is 95.9 cm³/mol. The maximum atomic E-state index is 12.4. The summed E-state index contributed by atoms with van der Waals surface area (Å²) in [4.78, 5) is 38.2. The van der Waals surface area contributed by atoms with E-state index in [-0.39, 0.29) is 36.1 Å². The molecule has 0 spiro atoms. The number of amides is 3. The Balaban J connectivity index is 1.57. The molecule has 25 heavy (non-hydrogen) atoms. The van der Waals surface area contributed by atoms with Crippen molar-refractivity contribution < 1.29 is 14.4 Å². The van der Waals surface area contributed by atoms with Crippen LogP contribution in [-0.4, -0.2) is 29.2 Å². The van der Waals surface area contributed by atoms with Gasteiger partial charge < -0.3 is 5.32 Å². The van der Waals surface area contributed by atoms with Crippen molar-refractivity contribution in [2.45, 2.75) is 51.9 Å². The van der Waals surface area contributed by atoms with Crippen LogP contribution in [0.3, 0.4) is 0 Å². The van der Waals surface area contributed by atoms with Gasteiger partial charge in [0.15, 0.2) is 0 Å². The number of fused-ring (bicyclic) bond motifs is 1. The Morgan fingerprint density at radius 3 is 2.24 bits per heavy atom. The Bertz CT molecular complexity index is 629. The molecule has 1 saturated carbocycles. The van der Waals surface area contributed by atoms with Gasteiger partial charge in [-0.05, 0) is 43.4 Å². The third kappa shape index (κ3) is 3.91. The average molecular weight is 342 g/mol. The maximum absolute atomic E-state index is 12.4. The zero-order valence-corrected chi connectivity index (χ0v) is 14.8. The SMILES string of the molecule is CCCCc1ccc(NC(=O)CN2C(=O)[C@H]3CCCC[C@@H]3C2=O)cc1. The highest BCUT2D eigenvalue weighted by Crippen LogP contribution is 2.37. The van der Waals surface area contributed by atoms with E-state index < -0.39 is 0 Å². The van der Waals surface area contributed by atoms with Crippen LogP contribution in [0.2, 0.25) is 0 Å². The first-order valence-electron chi connectivity index (χ1n) is 9.34. The number of hydrogen-bond acceptors (Lipinski definition) is 3.